The maximum atomic E-state index is 11.3. The summed E-state index contributed by atoms with van der Waals surface area (Å²) in [7, 11) is 0.588. The fourth-order valence-corrected chi connectivity index (χ4v) is 3.45. The molecule has 1 atom stereocenters. The first kappa shape index (κ1) is 11.5. The summed E-state index contributed by atoms with van der Waals surface area (Å²) in [4.78, 5) is 11.3. The van der Waals surface area contributed by atoms with Gasteiger partial charge in [-0.25, -0.2) is 13.4 Å². The van der Waals surface area contributed by atoms with Crippen LogP contribution in [-0.4, -0.2) is 44.9 Å². The van der Waals surface area contributed by atoms with Crippen molar-refractivity contribution < 1.29 is 13.2 Å². The third-order valence-electron chi connectivity index (χ3n) is 2.15. The van der Waals surface area contributed by atoms with E-state index in [0.29, 0.717) is 12.8 Å². The summed E-state index contributed by atoms with van der Waals surface area (Å²) in [5, 5.41) is 1.56. The van der Waals surface area contributed by atoms with Crippen molar-refractivity contribution in [2.24, 2.45) is 5.92 Å². The molecule has 1 unspecified atom stereocenters. The maximum absolute atomic E-state index is 11.3. The number of sulfone groups is 1. The van der Waals surface area contributed by atoms with Crippen LogP contribution >= 0.6 is 0 Å². The number of rotatable bonds is 3. The third-order valence-corrected chi connectivity index (χ3v) is 3.99. The van der Waals surface area contributed by atoms with Gasteiger partial charge < -0.3 is 0 Å². The van der Waals surface area contributed by atoms with E-state index in [1.54, 1.807) is 19.1 Å². The van der Waals surface area contributed by atoms with Crippen LogP contribution in [0.1, 0.15) is 12.8 Å². The number of nitrogens with zero attached hydrogens (tertiary/aromatic N) is 1. The lowest BCUT2D eigenvalue weighted by atomic mass is 10.1. The van der Waals surface area contributed by atoms with Crippen molar-refractivity contribution in [2.45, 2.75) is 12.8 Å². The number of hydrogen-bond donors (Lipinski definition) is 1. The molecule has 0 aliphatic carbocycles. The summed E-state index contributed by atoms with van der Waals surface area (Å²) >= 11 is 0. The summed E-state index contributed by atoms with van der Waals surface area (Å²) < 4.78 is 22.2. The molecular weight excluding hydrogens is 204 g/mol. The zero-order valence-electron chi connectivity index (χ0n) is 8.49. The Morgan fingerprint density at radius 3 is 2.57 bits per heavy atom. The predicted molar refractivity (Wildman–Crippen MR) is 53.2 cm³/mol. The Balaban J connectivity index is 2.36. The molecule has 5 nitrogen and oxygen atoms in total. The Morgan fingerprint density at radius 1 is 1.50 bits per heavy atom. The molecule has 0 radical (unpaired) electrons. The van der Waals surface area contributed by atoms with E-state index in [1.807, 2.05) is 0 Å². The van der Waals surface area contributed by atoms with Gasteiger partial charge in [-0.1, -0.05) is 0 Å². The molecule has 1 saturated heterocycles. The average molecular weight is 220 g/mol. The van der Waals surface area contributed by atoms with Crippen LogP contribution in [0.15, 0.2) is 0 Å². The molecule has 1 aliphatic rings. The normalized spacial score (nSPS) is 25.2. The molecule has 1 rings (SSSR count). The number of hydrazine groups is 1. The van der Waals surface area contributed by atoms with Gasteiger partial charge in [-0.15, -0.1) is 0 Å². The van der Waals surface area contributed by atoms with Gasteiger partial charge in [0.2, 0.25) is 5.91 Å². The molecule has 0 spiro atoms. The van der Waals surface area contributed by atoms with Crippen LogP contribution < -0.4 is 5.43 Å². The van der Waals surface area contributed by atoms with Gasteiger partial charge in [0.05, 0.1) is 11.5 Å². The zero-order valence-corrected chi connectivity index (χ0v) is 9.30. The number of nitrogens with one attached hydrogen (secondary N) is 1. The van der Waals surface area contributed by atoms with Crippen LogP contribution in [0.2, 0.25) is 0 Å². The Labute approximate surface area is 84.4 Å². The monoisotopic (exact) mass is 220 g/mol. The SMILES string of the molecule is CN(C)NC(=O)CC1CCS(=O)(=O)C1. The average Bonchev–Trinajstić information content (AvgIpc) is 2.27. The lowest BCUT2D eigenvalue weighted by molar-refractivity contribution is -0.125. The molecule has 14 heavy (non-hydrogen) atoms. The minimum atomic E-state index is -2.86. The van der Waals surface area contributed by atoms with Crippen molar-refractivity contribution in [3.8, 4) is 0 Å². The van der Waals surface area contributed by atoms with E-state index in [1.165, 1.54) is 0 Å². The van der Waals surface area contributed by atoms with Gasteiger partial charge in [-0.05, 0) is 12.3 Å². The minimum Gasteiger partial charge on any atom is -0.289 e. The highest BCUT2D eigenvalue weighted by Crippen LogP contribution is 2.21. The summed E-state index contributed by atoms with van der Waals surface area (Å²) in [6, 6.07) is 0. The molecule has 0 aromatic carbocycles. The number of carbonyl (C=O) groups excluding carboxylic acids is 1. The van der Waals surface area contributed by atoms with Crippen LogP contribution in [-0.2, 0) is 14.6 Å². The van der Waals surface area contributed by atoms with Crippen molar-refractivity contribution >= 4 is 15.7 Å². The molecular formula is C8H16N2O3S. The van der Waals surface area contributed by atoms with Crippen molar-refractivity contribution in [3.63, 3.8) is 0 Å². The first-order valence-corrected chi connectivity index (χ1v) is 6.38. The van der Waals surface area contributed by atoms with E-state index >= 15 is 0 Å². The number of amides is 1. The second-order valence-corrected chi connectivity index (χ2v) is 6.13. The summed E-state index contributed by atoms with van der Waals surface area (Å²) in [6.07, 6.45) is 0.917. The first-order valence-electron chi connectivity index (χ1n) is 4.56. The van der Waals surface area contributed by atoms with Gasteiger partial charge in [0.1, 0.15) is 0 Å². The highest BCUT2D eigenvalue weighted by molar-refractivity contribution is 7.91. The van der Waals surface area contributed by atoms with Crippen LogP contribution in [0.4, 0.5) is 0 Å². The zero-order chi connectivity index (χ0) is 10.8. The summed E-state index contributed by atoms with van der Waals surface area (Å²) in [5.41, 5.74) is 2.60. The van der Waals surface area contributed by atoms with E-state index in [2.05, 4.69) is 5.43 Å². The van der Waals surface area contributed by atoms with E-state index in [9.17, 15) is 13.2 Å². The highest BCUT2D eigenvalue weighted by atomic mass is 32.2. The lowest BCUT2D eigenvalue weighted by Gasteiger charge is -2.13. The molecule has 82 valence electrons. The number of carbonyl (C=O) groups is 1. The molecule has 6 heteroatoms. The van der Waals surface area contributed by atoms with E-state index in [4.69, 9.17) is 0 Å². The van der Waals surface area contributed by atoms with Crippen LogP contribution in [0.3, 0.4) is 0 Å². The smallest absolute Gasteiger partial charge is 0.234 e. The molecule has 1 N–H and O–H groups in total. The number of hydrogen-bond acceptors (Lipinski definition) is 4. The molecule has 1 amide bonds. The largest absolute Gasteiger partial charge is 0.289 e. The van der Waals surface area contributed by atoms with Crippen LogP contribution in [0, 0.1) is 5.92 Å². The topological polar surface area (TPSA) is 66.5 Å². The van der Waals surface area contributed by atoms with Gasteiger partial charge in [-0.3, -0.25) is 10.2 Å². The second-order valence-electron chi connectivity index (χ2n) is 3.90. The Hall–Kier alpha value is -0.620. The Morgan fingerprint density at radius 2 is 2.14 bits per heavy atom. The Bertz CT molecular complexity index is 311. The fraction of sp³-hybridized carbons (Fsp3) is 0.875. The first-order chi connectivity index (χ1) is 6.39. The van der Waals surface area contributed by atoms with E-state index < -0.39 is 9.84 Å². The standard InChI is InChI=1S/C8H16N2O3S/c1-10(2)9-8(11)5-7-3-4-14(12,13)6-7/h7H,3-6H2,1-2H3,(H,9,11). The maximum Gasteiger partial charge on any atom is 0.234 e. The Kier molecular flexibility index (Phi) is 3.49. The van der Waals surface area contributed by atoms with Crippen LogP contribution in [0.5, 0.6) is 0 Å². The predicted octanol–water partition coefficient (Wildman–Crippen LogP) is -0.596. The van der Waals surface area contributed by atoms with Gasteiger partial charge in [0.25, 0.3) is 0 Å². The van der Waals surface area contributed by atoms with E-state index in [-0.39, 0.29) is 23.3 Å². The molecule has 0 bridgehead atoms. The quantitative estimate of drug-likeness (QED) is 0.645. The fourth-order valence-electron chi connectivity index (χ4n) is 1.59. The second kappa shape index (κ2) is 4.27. The minimum absolute atomic E-state index is 0.0000463. The molecule has 1 aliphatic heterocycles. The molecule has 1 fully saturated rings. The molecule has 0 aromatic heterocycles. The summed E-state index contributed by atoms with van der Waals surface area (Å²) in [6.45, 7) is 0. The van der Waals surface area contributed by atoms with Crippen molar-refractivity contribution in [1.29, 1.82) is 0 Å². The molecule has 1 heterocycles. The van der Waals surface area contributed by atoms with Crippen molar-refractivity contribution in [2.75, 3.05) is 25.6 Å². The van der Waals surface area contributed by atoms with Gasteiger partial charge in [0, 0.05) is 20.5 Å². The van der Waals surface area contributed by atoms with Crippen LogP contribution in [0.25, 0.3) is 0 Å². The molecule has 0 aromatic rings. The van der Waals surface area contributed by atoms with Gasteiger partial charge >= 0.3 is 0 Å². The van der Waals surface area contributed by atoms with Crippen molar-refractivity contribution in [1.82, 2.24) is 10.4 Å². The summed E-state index contributed by atoms with van der Waals surface area (Å²) in [5.74, 6) is 0.276. The highest BCUT2D eigenvalue weighted by Gasteiger charge is 2.29. The van der Waals surface area contributed by atoms with Gasteiger partial charge in [0.15, 0.2) is 9.84 Å². The third kappa shape index (κ3) is 3.63. The van der Waals surface area contributed by atoms with E-state index in [0.717, 1.165) is 0 Å². The lowest BCUT2D eigenvalue weighted by Crippen LogP contribution is -2.37. The van der Waals surface area contributed by atoms with Gasteiger partial charge in [-0.2, -0.15) is 0 Å². The molecule has 0 saturated carbocycles. The van der Waals surface area contributed by atoms with Crippen molar-refractivity contribution in [3.05, 3.63) is 0 Å².